The van der Waals surface area contributed by atoms with Gasteiger partial charge in [0.15, 0.2) is 0 Å². The summed E-state index contributed by atoms with van der Waals surface area (Å²) in [6, 6.07) is -4.89. The Morgan fingerprint density at radius 2 is 1.20 bits per heavy atom. The van der Waals surface area contributed by atoms with Gasteiger partial charge in [-0.1, -0.05) is 13.8 Å². The van der Waals surface area contributed by atoms with Crippen LogP contribution in [0, 0.1) is 5.92 Å². The molecular formula is C21H36N4O9S. The fourth-order valence-corrected chi connectivity index (χ4v) is 3.45. The van der Waals surface area contributed by atoms with Crippen LogP contribution in [0.5, 0.6) is 0 Å². The third-order valence-corrected chi connectivity index (χ3v) is 5.50. The summed E-state index contributed by atoms with van der Waals surface area (Å²) in [5.41, 5.74) is 5.86. The first-order valence-electron chi connectivity index (χ1n) is 11.1. The van der Waals surface area contributed by atoms with E-state index in [9.17, 15) is 33.9 Å². The minimum absolute atomic E-state index is 0.0350. The van der Waals surface area contributed by atoms with Gasteiger partial charge in [-0.15, -0.1) is 0 Å². The Labute approximate surface area is 208 Å². The Hall–Kier alpha value is -2.87. The quantitative estimate of drug-likeness (QED) is 0.120. The summed E-state index contributed by atoms with van der Waals surface area (Å²) in [7, 11) is 0. The summed E-state index contributed by atoms with van der Waals surface area (Å²) in [6.07, 6.45) is 0.660. The number of hydrogen-bond acceptors (Lipinski definition) is 8. The molecule has 4 unspecified atom stereocenters. The van der Waals surface area contributed by atoms with E-state index in [1.165, 1.54) is 11.8 Å². The summed E-state index contributed by atoms with van der Waals surface area (Å²) in [5, 5.41) is 34.1. The molecule has 0 aliphatic carbocycles. The monoisotopic (exact) mass is 520 g/mol. The third-order valence-electron chi connectivity index (χ3n) is 4.85. The lowest BCUT2D eigenvalue weighted by Crippen LogP contribution is -2.57. The molecule has 0 fully saturated rings. The topological polar surface area (TPSA) is 225 Å². The van der Waals surface area contributed by atoms with Crippen molar-refractivity contribution in [3.63, 3.8) is 0 Å². The van der Waals surface area contributed by atoms with Crippen molar-refractivity contribution >= 4 is 47.4 Å². The molecular weight excluding hydrogens is 484 g/mol. The van der Waals surface area contributed by atoms with E-state index in [1.54, 1.807) is 0 Å². The second kappa shape index (κ2) is 16.7. The number of aliphatic carboxylic acids is 3. The Balaban J connectivity index is 5.54. The molecule has 0 saturated carbocycles. The van der Waals surface area contributed by atoms with Gasteiger partial charge in [0, 0.05) is 12.8 Å². The lowest BCUT2D eigenvalue weighted by molar-refractivity contribution is -0.144. The minimum Gasteiger partial charge on any atom is -0.481 e. The van der Waals surface area contributed by atoms with Crippen LogP contribution >= 0.6 is 11.8 Å². The number of carbonyl (C=O) groups excluding carboxylic acids is 3. The standard InChI is InChI=1S/C21H36N4O9S/c1-11(2)10-15(25-18(30)12(22)8-9-35-3)20(32)23-13(4-6-16(26)27)19(31)24-14(21(33)34)5-7-17(28)29/h11-15H,4-10,22H2,1-3H3,(H,23,32)(H,24,31)(H,25,30)(H,26,27)(H,28,29)(H,33,34). The third kappa shape index (κ3) is 14.2. The number of carboxylic acid groups (broad SMARTS) is 3. The fraction of sp³-hybridized carbons (Fsp3) is 0.714. The maximum atomic E-state index is 13.0. The number of hydrogen-bond donors (Lipinski definition) is 7. The van der Waals surface area contributed by atoms with Crippen molar-refractivity contribution in [2.24, 2.45) is 11.7 Å². The van der Waals surface area contributed by atoms with E-state index >= 15 is 0 Å². The van der Waals surface area contributed by atoms with Crippen LogP contribution in [0.25, 0.3) is 0 Å². The van der Waals surface area contributed by atoms with Crippen LogP contribution in [0.1, 0.15) is 52.4 Å². The van der Waals surface area contributed by atoms with Crippen molar-refractivity contribution in [1.29, 1.82) is 0 Å². The second-order valence-electron chi connectivity index (χ2n) is 8.40. The summed E-state index contributed by atoms with van der Waals surface area (Å²) in [6.45, 7) is 3.63. The number of thioether (sulfide) groups is 1. The number of carboxylic acids is 3. The van der Waals surface area contributed by atoms with Crippen molar-refractivity contribution in [3.05, 3.63) is 0 Å². The van der Waals surface area contributed by atoms with E-state index in [1.807, 2.05) is 20.1 Å². The van der Waals surface area contributed by atoms with E-state index in [0.29, 0.717) is 12.2 Å². The van der Waals surface area contributed by atoms with Gasteiger partial charge < -0.3 is 37.0 Å². The molecule has 0 aromatic heterocycles. The van der Waals surface area contributed by atoms with Crippen LogP contribution in [-0.2, 0) is 28.8 Å². The molecule has 0 spiro atoms. The molecule has 0 saturated heterocycles. The van der Waals surface area contributed by atoms with Gasteiger partial charge in [-0.3, -0.25) is 24.0 Å². The smallest absolute Gasteiger partial charge is 0.326 e. The number of carbonyl (C=O) groups is 6. The van der Waals surface area contributed by atoms with Crippen molar-refractivity contribution in [2.75, 3.05) is 12.0 Å². The van der Waals surface area contributed by atoms with Gasteiger partial charge in [-0.05, 0) is 43.6 Å². The van der Waals surface area contributed by atoms with Crippen LogP contribution in [-0.4, -0.2) is 87.1 Å². The number of nitrogens with one attached hydrogen (secondary N) is 3. The second-order valence-corrected chi connectivity index (χ2v) is 9.39. The van der Waals surface area contributed by atoms with Gasteiger partial charge in [0.25, 0.3) is 0 Å². The zero-order valence-electron chi connectivity index (χ0n) is 20.1. The normalized spacial score (nSPS) is 14.3. The van der Waals surface area contributed by atoms with Gasteiger partial charge in [0.2, 0.25) is 17.7 Å². The van der Waals surface area contributed by atoms with E-state index in [2.05, 4.69) is 16.0 Å². The highest BCUT2D eigenvalue weighted by Crippen LogP contribution is 2.09. The first-order valence-corrected chi connectivity index (χ1v) is 12.5. The molecule has 0 radical (unpaired) electrons. The molecule has 0 aliphatic heterocycles. The van der Waals surface area contributed by atoms with E-state index in [4.69, 9.17) is 15.9 Å². The molecule has 4 atom stereocenters. The Bertz CT molecular complexity index is 763. The van der Waals surface area contributed by atoms with Crippen molar-refractivity contribution in [3.8, 4) is 0 Å². The summed E-state index contributed by atoms with van der Waals surface area (Å²) >= 11 is 1.51. The molecule has 8 N–H and O–H groups in total. The molecule has 35 heavy (non-hydrogen) atoms. The molecule has 13 nitrogen and oxygen atoms in total. The number of nitrogens with two attached hydrogens (primary N) is 1. The van der Waals surface area contributed by atoms with Crippen LogP contribution in [0.3, 0.4) is 0 Å². The Morgan fingerprint density at radius 1 is 0.743 bits per heavy atom. The van der Waals surface area contributed by atoms with Crippen LogP contribution in [0.4, 0.5) is 0 Å². The molecule has 3 amide bonds. The lowest BCUT2D eigenvalue weighted by atomic mass is 10.0. The van der Waals surface area contributed by atoms with Crippen LogP contribution in [0.15, 0.2) is 0 Å². The SMILES string of the molecule is CSCCC(N)C(=O)NC(CC(C)C)C(=O)NC(CCC(=O)O)C(=O)NC(CCC(=O)O)C(=O)O. The van der Waals surface area contributed by atoms with Gasteiger partial charge >= 0.3 is 17.9 Å². The molecule has 0 heterocycles. The molecule has 0 aromatic rings. The summed E-state index contributed by atoms with van der Waals surface area (Å²) in [4.78, 5) is 71.3. The predicted molar refractivity (Wildman–Crippen MR) is 128 cm³/mol. The van der Waals surface area contributed by atoms with E-state index in [0.717, 1.165) is 0 Å². The van der Waals surface area contributed by atoms with E-state index < -0.39 is 79.1 Å². The molecule has 0 bridgehead atoms. The fourth-order valence-electron chi connectivity index (χ4n) is 2.96. The largest absolute Gasteiger partial charge is 0.481 e. The van der Waals surface area contributed by atoms with Gasteiger partial charge in [-0.2, -0.15) is 11.8 Å². The molecule has 200 valence electrons. The number of rotatable bonds is 18. The van der Waals surface area contributed by atoms with Crippen LogP contribution in [0.2, 0.25) is 0 Å². The zero-order valence-corrected chi connectivity index (χ0v) is 20.9. The highest BCUT2D eigenvalue weighted by molar-refractivity contribution is 7.98. The highest BCUT2D eigenvalue weighted by Gasteiger charge is 2.31. The predicted octanol–water partition coefficient (Wildman–Crippen LogP) is -0.618. The van der Waals surface area contributed by atoms with Crippen molar-refractivity contribution in [1.82, 2.24) is 16.0 Å². The van der Waals surface area contributed by atoms with Crippen LogP contribution < -0.4 is 21.7 Å². The first kappa shape index (κ1) is 32.1. The highest BCUT2D eigenvalue weighted by atomic mass is 32.2. The summed E-state index contributed by atoms with van der Waals surface area (Å²) in [5.74, 6) is -5.67. The van der Waals surface area contributed by atoms with Crippen molar-refractivity contribution < 1.29 is 44.1 Å². The average molecular weight is 521 g/mol. The zero-order chi connectivity index (χ0) is 27.1. The molecule has 0 aromatic carbocycles. The summed E-state index contributed by atoms with van der Waals surface area (Å²) < 4.78 is 0. The van der Waals surface area contributed by atoms with Gasteiger partial charge in [-0.25, -0.2) is 4.79 Å². The molecule has 0 aliphatic rings. The van der Waals surface area contributed by atoms with Gasteiger partial charge in [0.1, 0.15) is 18.1 Å². The number of amides is 3. The Kier molecular flexibility index (Phi) is 15.3. The minimum atomic E-state index is -1.55. The lowest BCUT2D eigenvalue weighted by Gasteiger charge is -2.26. The maximum Gasteiger partial charge on any atom is 0.326 e. The maximum absolute atomic E-state index is 13.0. The average Bonchev–Trinajstić information content (AvgIpc) is 2.75. The first-order chi connectivity index (χ1) is 16.3. The molecule has 14 heteroatoms. The molecule has 0 rings (SSSR count). The van der Waals surface area contributed by atoms with E-state index in [-0.39, 0.29) is 18.8 Å². The van der Waals surface area contributed by atoms with Crippen molar-refractivity contribution in [2.45, 2.75) is 76.5 Å². The van der Waals surface area contributed by atoms with Gasteiger partial charge in [0.05, 0.1) is 6.04 Å². The Morgan fingerprint density at radius 3 is 1.66 bits per heavy atom.